The maximum absolute atomic E-state index is 13.0. The molecule has 0 aromatic carbocycles. The van der Waals surface area contributed by atoms with Crippen LogP contribution < -0.4 is 10.2 Å². The Kier molecular flexibility index (Phi) is 10.8. The van der Waals surface area contributed by atoms with Crippen molar-refractivity contribution in [2.45, 2.75) is 33.6 Å². The molecule has 0 saturated carbocycles. The monoisotopic (exact) mass is 662 g/mol. The third kappa shape index (κ3) is 7.54. The smallest absolute Gasteiger partial charge is 0.350 e. The second-order valence-corrected chi connectivity index (χ2v) is 13.3. The van der Waals surface area contributed by atoms with E-state index in [4.69, 9.17) is 32.9 Å². The van der Waals surface area contributed by atoms with Crippen molar-refractivity contribution in [2.24, 2.45) is 11.8 Å². The summed E-state index contributed by atoms with van der Waals surface area (Å²) in [5.74, 6) is 0.621. The number of thiazole rings is 1. The maximum Gasteiger partial charge on any atom is 0.350 e. The highest BCUT2D eigenvalue weighted by Gasteiger charge is 2.32. The van der Waals surface area contributed by atoms with Crippen molar-refractivity contribution in [3.8, 4) is 11.4 Å². The Balaban J connectivity index is 1.23. The number of aromatic nitrogens is 4. The molecule has 3 aromatic rings. The first-order valence-electron chi connectivity index (χ1n) is 15.1. The number of Topliss-reactive ketones (excluding diaryl/α,β-unsaturated/α-hetero) is 1. The molecule has 2 saturated heterocycles. The van der Waals surface area contributed by atoms with Crippen LogP contribution in [-0.2, 0) is 4.74 Å². The zero-order chi connectivity index (χ0) is 31.4. The third-order valence-corrected chi connectivity index (χ3v) is 10.5. The van der Waals surface area contributed by atoms with Gasteiger partial charge in [-0.05, 0) is 39.2 Å². The van der Waals surface area contributed by atoms with Gasteiger partial charge in [-0.15, -0.1) is 0 Å². The number of nitrogens with one attached hydrogen (secondary N) is 2. The van der Waals surface area contributed by atoms with E-state index in [-0.39, 0.29) is 24.2 Å². The summed E-state index contributed by atoms with van der Waals surface area (Å²) < 4.78 is 5.36. The minimum atomic E-state index is -0.423. The number of piperidine rings is 1. The molecule has 11 nitrogen and oxygen atoms in total. The number of aromatic amines is 1. The zero-order valence-corrected chi connectivity index (χ0v) is 28.0. The number of hydrogen-bond acceptors (Lipinski definition) is 11. The van der Waals surface area contributed by atoms with E-state index in [0.29, 0.717) is 63.0 Å². The standard InChI is InChI=1S/C30H40Cl2N8O3S/c1-5-43-29(42)28-26(21-15-35-23(16-34-21)33-7-9-39-12-10-38(4)11-13-39)37-30(44-28)40-8-6-20(18(2)17-40)14-22(41)27-25(32)24(31)19(3)36-27/h15-16,18,20,36H,5-14,17H2,1-4H3,(H,33,35)/t18-,20-/m0/s1. The summed E-state index contributed by atoms with van der Waals surface area (Å²) in [5, 5.41) is 4.76. The van der Waals surface area contributed by atoms with E-state index in [0.717, 1.165) is 50.8 Å². The number of likely N-dealkylation sites (N-methyl/N-ethyl adjacent to an activating group) is 1. The number of hydrogen-bond donors (Lipinski definition) is 2. The summed E-state index contributed by atoms with van der Waals surface area (Å²) in [5.41, 5.74) is 2.06. The van der Waals surface area contributed by atoms with Gasteiger partial charge in [-0.3, -0.25) is 9.69 Å². The predicted molar refractivity (Wildman–Crippen MR) is 176 cm³/mol. The summed E-state index contributed by atoms with van der Waals surface area (Å²) in [6.45, 7) is 13.4. The van der Waals surface area contributed by atoms with Gasteiger partial charge in [0.15, 0.2) is 10.9 Å². The molecule has 5 rings (SSSR count). The molecule has 0 radical (unpaired) electrons. The molecule has 0 bridgehead atoms. The van der Waals surface area contributed by atoms with Crippen LogP contribution in [0, 0.1) is 18.8 Å². The lowest BCUT2D eigenvalue weighted by molar-refractivity contribution is 0.0532. The lowest BCUT2D eigenvalue weighted by Gasteiger charge is -2.36. The van der Waals surface area contributed by atoms with Gasteiger partial charge in [-0.2, -0.15) is 0 Å². The molecule has 0 spiro atoms. The molecule has 44 heavy (non-hydrogen) atoms. The van der Waals surface area contributed by atoms with E-state index in [1.165, 1.54) is 11.3 Å². The van der Waals surface area contributed by atoms with Gasteiger partial charge < -0.3 is 24.8 Å². The molecule has 2 aliphatic rings. The van der Waals surface area contributed by atoms with Crippen LogP contribution in [0.5, 0.6) is 0 Å². The van der Waals surface area contributed by atoms with Crippen LogP contribution in [0.1, 0.15) is 52.5 Å². The Morgan fingerprint density at radius 1 is 1.14 bits per heavy atom. The summed E-state index contributed by atoms with van der Waals surface area (Å²) in [6.07, 6.45) is 4.52. The van der Waals surface area contributed by atoms with E-state index < -0.39 is 5.97 Å². The van der Waals surface area contributed by atoms with Crippen LogP contribution in [-0.4, -0.2) is 108 Å². The molecule has 0 unspecified atom stereocenters. The quantitative estimate of drug-likeness (QED) is 0.212. The van der Waals surface area contributed by atoms with Gasteiger partial charge in [0.1, 0.15) is 27.8 Å². The summed E-state index contributed by atoms with van der Waals surface area (Å²) in [7, 11) is 2.15. The van der Waals surface area contributed by atoms with Crippen molar-refractivity contribution in [3.05, 3.63) is 38.7 Å². The maximum atomic E-state index is 13.0. The first kappa shape index (κ1) is 32.6. The normalized spacial score (nSPS) is 19.7. The number of ether oxygens (including phenoxy) is 1. The SMILES string of the molecule is CCOC(=O)c1sc(N2CC[C@@H](CC(=O)c3[nH]c(C)c(Cl)c3Cl)[C@@H](C)C2)nc1-c1cnc(NCCN2CCN(C)CC2)cn1. The average Bonchev–Trinajstić information content (AvgIpc) is 3.57. The number of halogens is 2. The predicted octanol–water partition coefficient (Wildman–Crippen LogP) is 5.11. The fourth-order valence-electron chi connectivity index (χ4n) is 5.68. The van der Waals surface area contributed by atoms with Crippen molar-refractivity contribution < 1.29 is 14.3 Å². The van der Waals surface area contributed by atoms with E-state index in [1.807, 2.05) is 0 Å². The second kappa shape index (κ2) is 14.6. The highest BCUT2D eigenvalue weighted by Crippen LogP contribution is 2.38. The van der Waals surface area contributed by atoms with Crippen molar-refractivity contribution in [2.75, 3.05) is 76.2 Å². The average molecular weight is 664 g/mol. The molecule has 238 valence electrons. The molecule has 0 amide bonds. The summed E-state index contributed by atoms with van der Waals surface area (Å²) in [6, 6.07) is 0. The minimum Gasteiger partial charge on any atom is -0.462 e. The fraction of sp³-hybridized carbons (Fsp3) is 0.567. The molecular weight excluding hydrogens is 623 g/mol. The molecule has 14 heteroatoms. The van der Waals surface area contributed by atoms with Crippen molar-refractivity contribution in [1.29, 1.82) is 0 Å². The number of esters is 1. The number of carbonyl (C=O) groups is 2. The van der Waals surface area contributed by atoms with Gasteiger partial charge in [0.25, 0.3) is 0 Å². The summed E-state index contributed by atoms with van der Waals surface area (Å²) in [4.78, 5) is 50.4. The Hall–Kier alpha value is -2.77. The first-order valence-corrected chi connectivity index (χ1v) is 16.7. The number of anilines is 2. The minimum absolute atomic E-state index is 0.0349. The van der Waals surface area contributed by atoms with E-state index in [1.54, 1.807) is 26.2 Å². The van der Waals surface area contributed by atoms with E-state index in [9.17, 15) is 9.59 Å². The first-order chi connectivity index (χ1) is 21.1. The molecule has 3 aromatic heterocycles. The Labute approximate surface area is 272 Å². The molecule has 5 heterocycles. The lowest BCUT2D eigenvalue weighted by Crippen LogP contribution is -2.45. The molecule has 2 fully saturated rings. The Bertz CT molecular complexity index is 1460. The largest absolute Gasteiger partial charge is 0.462 e. The van der Waals surface area contributed by atoms with Crippen LogP contribution in [0.25, 0.3) is 11.4 Å². The molecule has 0 aliphatic carbocycles. The molecule has 2 N–H and O–H groups in total. The number of carbonyl (C=O) groups excluding carboxylic acids is 2. The van der Waals surface area contributed by atoms with Gasteiger partial charge in [0.05, 0.1) is 29.0 Å². The van der Waals surface area contributed by atoms with Gasteiger partial charge in [0, 0.05) is 64.5 Å². The van der Waals surface area contributed by atoms with Crippen LogP contribution >= 0.6 is 34.5 Å². The Morgan fingerprint density at radius 3 is 2.55 bits per heavy atom. The van der Waals surface area contributed by atoms with Gasteiger partial charge >= 0.3 is 5.97 Å². The van der Waals surface area contributed by atoms with E-state index >= 15 is 0 Å². The van der Waals surface area contributed by atoms with Crippen LogP contribution in [0.3, 0.4) is 0 Å². The highest BCUT2D eigenvalue weighted by atomic mass is 35.5. The third-order valence-electron chi connectivity index (χ3n) is 8.43. The topological polar surface area (TPSA) is 120 Å². The van der Waals surface area contributed by atoms with Crippen LogP contribution in [0.4, 0.5) is 10.9 Å². The number of H-pyrrole nitrogens is 1. The number of rotatable bonds is 11. The fourth-order valence-corrected chi connectivity index (χ4v) is 7.12. The second-order valence-electron chi connectivity index (χ2n) is 11.6. The molecule has 2 aliphatic heterocycles. The van der Waals surface area contributed by atoms with Gasteiger partial charge in [-0.25, -0.2) is 19.7 Å². The number of ketones is 1. The highest BCUT2D eigenvalue weighted by molar-refractivity contribution is 7.17. The molecule has 2 atom stereocenters. The summed E-state index contributed by atoms with van der Waals surface area (Å²) >= 11 is 13.8. The lowest BCUT2D eigenvalue weighted by atomic mass is 9.83. The van der Waals surface area contributed by atoms with Crippen LogP contribution in [0.15, 0.2) is 12.4 Å². The van der Waals surface area contributed by atoms with Gasteiger partial charge in [0.2, 0.25) is 0 Å². The van der Waals surface area contributed by atoms with Gasteiger partial charge in [-0.1, -0.05) is 41.5 Å². The number of aryl methyl sites for hydroxylation is 1. The number of piperazine rings is 1. The molecular formula is C30H40Cl2N8O3S. The number of nitrogens with zero attached hydrogens (tertiary/aromatic N) is 6. The van der Waals surface area contributed by atoms with Crippen molar-refractivity contribution in [3.63, 3.8) is 0 Å². The Morgan fingerprint density at radius 2 is 1.91 bits per heavy atom. The van der Waals surface area contributed by atoms with Crippen LogP contribution in [0.2, 0.25) is 10.0 Å². The van der Waals surface area contributed by atoms with E-state index in [2.05, 4.69) is 48.9 Å². The zero-order valence-electron chi connectivity index (χ0n) is 25.7. The van der Waals surface area contributed by atoms with Crippen molar-refractivity contribution in [1.82, 2.24) is 29.7 Å². The van der Waals surface area contributed by atoms with Crippen molar-refractivity contribution >= 4 is 57.2 Å².